The number of benzene rings is 1. The Bertz CT molecular complexity index is 410. The molecule has 2 atom stereocenters. The van der Waals surface area contributed by atoms with E-state index in [4.69, 9.17) is 5.73 Å². The van der Waals surface area contributed by atoms with E-state index in [1.165, 1.54) is 12.8 Å². The molecule has 1 aliphatic carbocycles. The number of rotatable bonds is 4. The third-order valence-electron chi connectivity index (χ3n) is 3.42. The standard InChI is InChI=1S/C14H20N2O/c1-9(11-6-7-11)14(17)16-13-5-3-4-12(8-13)10(2)15/h3-5,8-11H,6-7,15H2,1-2H3,(H,16,17). The van der Waals surface area contributed by atoms with Gasteiger partial charge in [0.05, 0.1) is 0 Å². The van der Waals surface area contributed by atoms with Gasteiger partial charge in [-0.3, -0.25) is 4.79 Å². The zero-order chi connectivity index (χ0) is 12.4. The molecule has 1 saturated carbocycles. The van der Waals surface area contributed by atoms with Crippen LogP contribution in [0.3, 0.4) is 0 Å². The Hall–Kier alpha value is -1.35. The highest BCUT2D eigenvalue weighted by Crippen LogP contribution is 2.37. The zero-order valence-corrected chi connectivity index (χ0v) is 10.4. The van der Waals surface area contributed by atoms with Crippen molar-refractivity contribution in [3.63, 3.8) is 0 Å². The Balaban J connectivity index is 2.02. The predicted octanol–water partition coefficient (Wildman–Crippen LogP) is 2.69. The molecule has 0 bridgehead atoms. The molecule has 17 heavy (non-hydrogen) atoms. The molecule has 0 saturated heterocycles. The molecule has 3 N–H and O–H groups in total. The van der Waals surface area contributed by atoms with Gasteiger partial charge < -0.3 is 11.1 Å². The Morgan fingerprint density at radius 1 is 1.41 bits per heavy atom. The van der Waals surface area contributed by atoms with Gasteiger partial charge in [-0.25, -0.2) is 0 Å². The van der Waals surface area contributed by atoms with E-state index in [-0.39, 0.29) is 17.9 Å². The smallest absolute Gasteiger partial charge is 0.227 e. The van der Waals surface area contributed by atoms with Gasteiger partial charge in [-0.2, -0.15) is 0 Å². The molecule has 0 spiro atoms. The van der Waals surface area contributed by atoms with Crippen molar-refractivity contribution in [3.8, 4) is 0 Å². The average molecular weight is 232 g/mol. The largest absolute Gasteiger partial charge is 0.326 e. The molecule has 3 heteroatoms. The molecular weight excluding hydrogens is 212 g/mol. The molecule has 92 valence electrons. The molecule has 0 radical (unpaired) electrons. The lowest BCUT2D eigenvalue weighted by Gasteiger charge is -2.13. The monoisotopic (exact) mass is 232 g/mol. The van der Waals surface area contributed by atoms with Crippen LogP contribution in [0.5, 0.6) is 0 Å². The summed E-state index contributed by atoms with van der Waals surface area (Å²) in [5.74, 6) is 0.829. The number of carbonyl (C=O) groups excluding carboxylic acids is 1. The predicted molar refractivity (Wildman–Crippen MR) is 69.6 cm³/mol. The van der Waals surface area contributed by atoms with Gasteiger partial charge in [0.15, 0.2) is 0 Å². The summed E-state index contributed by atoms with van der Waals surface area (Å²) >= 11 is 0. The first-order valence-electron chi connectivity index (χ1n) is 6.24. The normalized spacial score (nSPS) is 18.5. The van der Waals surface area contributed by atoms with Crippen LogP contribution in [0, 0.1) is 11.8 Å². The highest BCUT2D eigenvalue weighted by Gasteiger charge is 2.32. The second kappa shape index (κ2) is 4.88. The molecule has 1 amide bonds. The van der Waals surface area contributed by atoms with E-state index >= 15 is 0 Å². The van der Waals surface area contributed by atoms with Crippen LogP contribution in [0.25, 0.3) is 0 Å². The van der Waals surface area contributed by atoms with Crippen molar-refractivity contribution in [2.75, 3.05) is 5.32 Å². The average Bonchev–Trinajstić information content (AvgIpc) is 3.12. The summed E-state index contributed by atoms with van der Waals surface area (Å²) in [5.41, 5.74) is 7.71. The van der Waals surface area contributed by atoms with Crippen LogP contribution in [0.15, 0.2) is 24.3 Å². The number of carbonyl (C=O) groups is 1. The van der Waals surface area contributed by atoms with Crippen LogP contribution in [0.1, 0.15) is 38.3 Å². The van der Waals surface area contributed by atoms with E-state index in [1.54, 1.807) is 0 Å². The van der Waals surface area contributed by atoms with Crippen molar-refractivity contribution < 1.29 is 4.79 Å². The molecular formula is C14H20N2O. The molecule has 0 heterocycles. The fourth-order valence-electron chi connectivity index (χ4n) is 1.97. The molecule has 0 aliphatic heterocycles. The van der Waals surface area contributed by atoms with Crippen LogP contribution in [-0.2, 0) is 4.79 Å². The molecule has 1 aliphatic rings. The third-order valence-corrected chi connectivity index (χ3v) is 3.42. The minimum Gasteiger partial charge on any atom is -0.326 e. The maximum absolute atomic E-state index is 11.9. The van der Waals surface area contributed by atoms with E-state index in [1.807, 2.05) is 38.1 Å². The minimum atomic E-state index is -0.00675. The summed E-state index contributed by atoms with van der Waals surface area (Å²) in [6.45, 7) is 3.94. The van der Waals surface area contributed by atoms with Crippen LogP contribution in [0.2, 0.25) is 0 Å². The lowest BCUT2D eigenvalue weighted by Crippen LogP contribution is -2.22. The highest BCUT2D eigenvalue weighted by molar-refractivity contribution is 5.92. The van der Waals surface area contributed by atoms with Gasteiger partial charge in [0.25, 0.3) is 0 Å². The Kier molecular flexibility index (Phi) is 3.48. The fourth-order valence-corrected chi connectivity index (χ4v) is 1.97. The molecule has 2 rings (SSSR count). The van der Waals surface area contributed by atoms with Crippen LogP contribution in [0.4, 0.5) is 5.69 Å². The van der Waals surface area contributed by atoms with Gasteiger partial charge in [0.1, 0.15) is 0 Å². The van der Waals surface area contributed by atoms with E-state index in [2.05, 4.69) is 5.32 Å². The zero-order valence-electron chi connectivity index (χ0n) is 10.4. The minimum absolute atomic E-state index is 0.00675. The van der Waals surface area contributed by atoms with Gasteiger partial charge >= 0.3 is 0 Å². The first-order valence-corrected chi connectivity index (χ1v) is 6.24. The summed E-state index contributed by atoms with van der Waals surface area (Å²) in [6, 6.07) is 7.75. The van der Waals surface area contributed by atoms with E-state index in [0.29, 0.717) is 5.92 Å². The van der Waals surface area contributed by atoms with Crippen molar-refractivity contribution in [1.29, 1.82) is 0 Å². The highest BCUT2D eigenvalue weighted by atomic mass is 16.1. The lowest BCUT2D eigenvalue weighted by atomic mass is 10.0. The molecule has 0 aromatic heterocycles. The van der Waals surface area contributed by atoms with Crippen LogP contribution in [-0.4, -0.2) is 5.91 Å². The van der Waals surface area contributed by atoms with Crippen molar-refractivity contribution in [1.82, 2.24) is 0 Å². The maximum atomic E-state index is 11.9. The van der Waals surface area contributed by atoms with Gasteiger partial charge in [0, 0.05) is 17.6 Å². The van der Waals surface area contributed by atoms with Crippen molar-refractivity contribution in [2.24, 2.45) is 17.6 Å². The van der Waals surface area contributed by atoms with Gasteiger partial charge in [-0.1, -0.05) is 19.1 Å². The van der Waals surface area contributed by atoms with Gasteiger partial charge in [-0.05, 0) is 43.4 Å². The van der Waals surface area contributed by atoms with Crippen molar-refractivity contribution >= 4 is 11.6 Å². The summed E-state index contributed by atoms with van der Waals surface area (Å²) in [7, 11) is 0. The SMILES string of the molecule is CC(N)c1cccc(NC(=O)C(C)C2CC2)c1. The summed E-state index contributed by atoms with van der Waals surface area (Å²) in [6.07, 6.45) is 2.38. The molecule has 3 nitrogen and oxygen atoms in total. The topological polar surface area (TPSA) is 55.1 Å². The number of hydrogen-bond donors (Lipinski definition) is 2. The summed E-state index contributed by atoms with van der Waals surface area (Å²) in [5, 5.41) is 2.96. The summed E-state index contributed by atoms with van der Waals surface area (Å²) < 4.78 is 0. The van der Waals surface area contributed by atoms with Crippen LogP contribution >= 0.6 is 0 Å². The number of nitrogens with two attached hydrogens (primary N) is 1. The second-order valence-electron chi connectivity index (χ2n) is 5.03. The van der Waals surface area contributed by atoms with Gasteiger partial charge in [0.2, 0.25) is 5.91 Å². The molecule has 1 fully saturated rings. The number of amides is 1. The van der Waals surface area contributed by atoms with E-state index in [9.17, 15) is 4.79 Å². The summed E-state index contributed by atoms with van der Waals surface area (Å²) in [4.78, 5) is 11.9. The van der Waals surface area contributed by atoms with Crippen molar-refractivity contribution in [3.05, 3.63) is 29.8 Å². The molecule has 2 unspecified atom stereocenters. The Morgan fingerprint density at radius 2 is 2.12 bits per heavy atom. The molecule has 1 aromatic carbocycles. The molecule has 1 aromatic rings. The second-order valence-corrected chi connectivity index (χ2v) is 5.03. The van der Waals surface area contributed by atoms with E-state index in [0.717, 1.165) is 11.3 Å². The third kappa shape index (κ3) is 3.07. The first-order chi connectivity index (χ1) is 8.08. The number of nitrogens with one attached hydrogen (secondary N) is 1. The number of anilines is 1. The van der Waals surface area contributed by atoms with Crippen LogP contribution < -0.4 is 11.1 Å². The Labute approximate surface area is 102 Å². The fraction of sp³-hybridized carbons (Fsp3) is 0.500. The maximum Gasteiger partial charge on any atom is 0.227 e. The number of hydrogen-bond acceptors (Lipinski definition) is 2. The van der Waals surface area contributed by atoms with Gasteiger partial charge in [-0.15, -0.1) is 0 Å². The lowest BCUT2D eigenvalue weighted by molar-refractivity contribution is -0.119. The first kappa shape index (κ1) is 12.1. The van der Waals surface area contributed by atoms with E-state index < -0.39 is 0 Å². The van der Waals surface area contributed by atoms with Crippen molar-refractivity contribution in [2.45, 2.75) is 32.7 Å². The quantitative estimate of drug-likeness (QED) is 0.838. The Morgan fingerprint density at radius 3 is 2.71 bits per heavy atom.